The summed E-state index contributed by atoms with van der Waals surface area (Å²) in [5.41, 5.74) is 0.908. The molecule has 0 amide bonds. The zero-order valence-electron chi connectivity index (χ0n) is 17.0. The van der Waals surface area contributed by atoms with E-state index in [1.807, 2.05) is 34.0 Å². The number of ether oxygens (including phenoxy) is 2. The molecule has 3 atom stereocenters. The number of carbonyl (C=O) groups excluding carboxylic acids is 1. The molecule has 0 aromatic carbocycles. The zero-order valence-corrected chi connectivity index (χ0v) is 17.0. The summed E-state index contributed by atoms with van der Waals surface area (Å²) in [6, 6.07) is 0. The summed E-state index contributed by atoms with van der Waals surface area (Å²) < 4.78 is 10.8. The van der Waals surface area contributed by atoms with Gasteiger partial charge in [-0.2, -0.15) is 0 Å². The summed E-state index contributed by atoms with van der Waals surface area (Å²) in [6.45, 7) is 14.6. The Kier molecular flexibility index (Phi) is 10.9. The van der Waals surface area contributed by atoms with Crippen LogP contribution in [0.1, 0.15) is 74.1 Å². The van der Waals surface area contributed by atoms with Gasteiger partial charge in [0.15, 0.2) is 0 Å². The number of esters is 1. The van der Waals surface area contributed by atoms with Crippen LogP contribution in [-0.4, -0.2) is 24.8 Å². The zero-order chi connectivity index (χ0) is 18.8. The fraction of sp³-hybridized carbons (Fsp3) is 0.762. The second-order valence-corrected chi connectivity index (χ2v) is 7.47. The number of hydrogen-bond donors (Lipinski definition) is 0. The van der Waals surface area contributed by atoms with Crippen LogP contribution in [0.25, 0.3) is 0 Å². The van der Waals surface area contributed by atoms with Gasteiger partial charge in [0.1, 0.15) is 0 Å². The van der Waals surface area contributed by atoms with Crippen LogP contribution < -0.4 is 0 Å². The van der Waals surface area contributed by atoms with Crippen LogP contribution in [0.15, 0.2) is 23.8 Å². The van der Waals surface area contributed by atoms with E-state index in [9.17, 15) is 4.79 Å². The second kappa shape index (κ2) is 11.5. The Hall–Kier alpha value is -1.09. The summed E-state index contributed by atoms with van der Waals surface area (Å²) in [6.07, 6.45) is 10.0. The molecule has 3 heteroatoms. The van der Waals surface area contributed by atoms with Crippen LogP contribution >= 0.6 is 0 Å². The SMILES string of the molecule is CCC(C)(OC)C(C)CCC(C)CC=CC(C)=CC(=O)OC(C)C. The maximum Gasteiger partial charge on any atom is 0.331 e. The maximum atomic E-state index is 11.5. The van der Waals surface area contributed by atoms with Crippen molar-refractivity contribution in [2.75, 3.05) is 7.11 Å². The van der Waals surface area contributed by atoms with Gasteiger partial charge in [-0.15, -0.1) is 0 Å². The Morgan fingerprint density at radius 2 is 1.79 bits per heavy atom. The average Bonchev–Trinajstić information content (AvgIpc) is 2.50. The lowest BCUT2D eigenvalue weighted by Crippen LogP contribution is -2.34. The Labute approximate surface area is 149 Å². The summed E-state index contributed by atoms with van der Waals surface area (Å²) in [5.74, 6) is 0.899. The van der Waals surface area contributed by atoms with Crippen molar-refractivity contribution in [2.45, 2.75) is 85.9 Å². The molecule has 3 unspecified atom stereocenters. The van der Waals surface area contributed by atoms with Gasteiger partial charge in [-0.05, 0) is 64.4 Å². The molecular weight excluding hydrogens is 300 g/mol. The van der Waals surface area contributed by atoms with E-state index in [0.29, 0.717) is 11.8 Å². The molecule has 0 aromatic rings. The minimum Gasteiger partial charge on any atom is -0.460 e. The molecule has 0 aliphatic carbocycles. The molecular formula is C21H38O3. The van der Waals surface area contributed by atoms with Crippen molar-refractivity contribution < 1.29 is 14.3 Å². The highest BCUT2D eigenvalue weighted by molar-refractivity contribution is 5.83. The van der Waals surface area contributed by atoms with Crippen molar-refractivity contribution >= 4 is 5.97 Å². The number of rotatable bonds is 11. The van der Waals surface area contributed by atoms with Gasteiger partial charge in [0.05, 0.1) is 11.7 Å². The third kappa shape index (κ3) is 9.27. The van der Waals surface area contributed by atoms with Gasteiger partial charge >= 0.3 is 5.97 Å². The number of hydrogen-bond acceptors (Lipinski definition) is 3. The van der Waals surface area contributed by atoms with Crippen LogP contribution in [0, 0.1) is 11.8 Å². The fourth-order valence-corrected chi connectivity index (χ4v) is 2.64. The predicted molar refractivity (Wildman–Crippen MR) is 102 cm³/mol. The normalized spacial score (nSPS) is 17.8. The third-order valence-electron chi connectivity index (χ3n) is 4.92. The lowest BCUT2D eigenvalue weighted by Gasteiger charge is -2.34. The summed E-state index contributed by atoms with van der Waals surface area (Å²) in [7, 11) is 1.81. The van der Waals surface area contributed by atoms with E-state index < -0.39 is 0 Å². The fourth-order valence-electron chi connectivity index (χ4n) is 2.64. The molecule has 3 nitrogen and oxygen atoms in total. The van der Waals surface area contributed by atoms with Crippen LogP contribution in [0.3, 0.4) is 0 Å². The quantitative estimate of drug-likeness (QED) is 0.275. The van der Waals surface area contributed by atoms with Crippen LogP contribution in [-0.2, 0) is 14.3 Å². The highest BCUT2D eigenvalue weighted by Gasteiger charge is 2.28. The van der Waals surface area contributed by atoms with Gasteiger partial charge in [-0.3, -0.25) is 0 Å². The van der Waals surface area contributed by atoms with Crippen molar-refractivity contribution in [3.05, 3.63) is 23.8 Å². The maximum absolute atomic E-state index is 11.5. The minimum atomic E-state index is -0.271. The molecule has 0 aliphatic rings. The summed E-state index contributed by atoms with van der Waals surface area (Å²) >= 11 is 0. The van der Waals surface area contributed by atoms with Gasteiger partial charge in [-0.25, -0.2) is 4.79 Å². The molecule has 0 bridgehead atoms. The van der Waals surface area contributed by atoms with Gasteiger partial charge < -0.3 is 9.47 Å². The first-order valence-electron chi connectivity index (χ1n) is 9.25. The minimum absolute atomic E-state index is 0.0222. The van der Waals surface area contributed by atoms with Crippen LogP contribution in [0.5, 0.6) is 0 Å². The molecule has 0 heterocycles. The van der Waals surface area contributed by atoms with Crippen molar-refractivity contribution in [1.82, 2.24) is 0 Å². The molecule has 0 fully saturated rings. The molecule has 24 heavy (non-hydrogen) atoms. The first-order chi connectivity index (χ1) is 11.1. The Morgan fingerprint density at radius 3 is 2.29 bits per heavy atom. The number of allylic oxidation sites excluding steroid dienone is 3. The molecule has 0 N–H and O–H groups in total. The van der Waals surface area contributed by atoms with Crippen molar-refractivity contribution in [3.8, 4) is 0 Å². The summed E-state index contributed by atoms with van der Waals surface area (Å²) in [4.78, 5) is 11.5. The number of methoxy groups -OCH3 is 1. The summed E-state index contributed by atoms with van der Waals surface area (Å²) in [5, 5.41) is 0. The first-order valence-corrected chi connectivity index (χ1v) is 9.25. The van der Waals surface area contributed by atoms with Gasteiger partial charge in [-0.1, -0.05) is 39.3 Å². The second-order valence-electron chi connectivity index (χ2n) is 7.47. The van der Waals surface area contributed by atoms with E-state index in [2.05, 4.69) is 33.8 Å². The van der Waals surface area contributed by atoms with Crippen LogP contribution in [0.2, 0.25) is 0 Å². The topological polar surface area (TPSA) is 35.5 Å². The van der Waals surface area contributed by atoms with E-state index in [1.165, 1.54) is 12.8 Å². The predicted octanol–water partition coefficient (Wildman–Crippen LogP) is 5.70. The Balaban J connectivity index is 4.28. The Morgan fingerprint density at radius 1 is 1.17 bits per heavy atom. The molecule has 0 spiro atoms. The molecule has 0 aromatic heterocycles. The molecule has 0 rings (SSSR count). The molecule has 140 valence electrons. The lowest BCUT2D eigenvalue weighted by molar-refractivity contribution is -0.141. The highest BCUT2D eigenvalue weighted by Crippen LogP contribution is 2.30. The standard InChI is InChI=1S/C21H38O3/c1-9-21(7,23-8)19(6)14-13-17(4)11-10-12-18(5)15-20(22)24-16(2)3/h10,12,15-17,19H,9,11,13-14H2,1-8H3. The smallest absolute Gasteiger partial charge is 0.331 e. The van der Waals surface area contributed by atoms with E-state index >= 15 is 0 Å². The van der Waals surface area contributed by atoms with Gasteiger partial charge in [0, 0.05) is 13.2 Å². The van der Waals surface area contributed by atoms with Crippen molar-refractivity contribution in [3.63, 3.8) is 0 Å². The van der Waals surface area contributed by atoms with Crippen LogP contribution in [0.4, 0.5) is 0 Å². The highest BCUT2D eigenvalue weighted by atomic mass is 16.5. The monoisotopic (exact) mass is 338 g/mol. The van der Waals surface area contributed by atoms with Crippen molar-refractivity contribution in [2.24, 2.45) is 11.8 Å². The Bertz CT molecular complexity index is 417. The van der Waals surface area contributed by atoms with Gasteiger partial charge in [0.25, 0.3) is 0 Å². The van der Waals surface area contributed by atoms with Gasteiger partial charge in [0.2, 0.25) is 0 Å². The first kappa shape index (κ1) is 22.9. The number of carbonyl (C=O) groups is 1. The lowest BCUT2D eigenvalue weighted by atomic mass is 9.83. The van der Waals surface area contributed by atoms with Crippen molar-refractivity contribution in [1.29, 1.82) is 0 Å². The third-order valence-corrected chi connectivity index (χ3v) is 4.92. The van der Waals surface area contributed by atoms with E-state index in [0.717, 1.165) is 18.4 Å². The van der Waals surface area contributed by atoms with E-state index in [-0.39, 0.29) is 17.7 Å². The molecule has 0 saturated carbocycles. The molecule has 0 aliphatic heterocycles. The molecule has 0 radical (unpaired) electrons. The average molecular weight is 339 g/mol. The van der Waals surface area contributed by atoms with E-state index in [4.69, 9.17) is 9.47 Å². The van der Waals surface area contributed by atoms with E-state index in [1.54, 1.807) is 6.08 Å². The largest absolute Gasteiger partial charge is 0.460 e. The molecule has 0 saturated heterocycles.